The highest BCUT2D eigenvalue weighted by Crippen LogP contribution is 2.27. The number of halogens is 3. The van der Waals surface area contributed by atoms with Crippen molar-refractivity contribution >= 4 is 17.5 Å². The first-order valence-electron chi connectivity index (χ1n) is 9.88. The van der Waals surface area contributed by atoms with Crippen LogP contribution in [0.3, 0.4) is 0 Å². The van der Waals surface area contributed by atoms with Gasteiger partial charge in [-0.2, -0.15) is 0 Å². The molecule has 29 heavy (non-hydrogen) atoms. The van der Waals surface area contributed by atoms with Gasteiger partial charge < -0.3 is 21.1 Å². The van der Waals surface area contributed by atoms with E-state index in [1.807, 2.05) is 0 Å². The minimum Gasteiger partial charge on any atom is -0.406 e. The number of primary amides is 1. The van der Waals surface area contributed by atoms with Crippen molar-refractivity contribution in [3.63, 3.8) is 0 Å². The quantitative estimate of drug-likeness (QED) is 0.543. The Morgan fingerprint density at radius 3 is 2.38 bits per heavy atom. The van der Waals surface area contributed by atoms with Gasteiger partial charge in [0.25, 0.3) is 0 Å². The number of rotatable bonds is 10. The van der Waals surface area contributed by atoms with Crippen LogP contribution >= 0.6 is 0 Å². The van der Waals surface area contributed by atoms with Crippen molar-refractivity contribution < 1.29 is 27.5 Å². The van der Waals surface area contributed by atoms with Crippen molar-refractivity contribution in [3.05, 3.63) is 24.3 Å². The number of hydrogen-bond donors (Lipinski definition) is 3. The molecule has 0 bridgehead atoms. The van der Waals surface area contributed by atoms with E-state index in [0.29, 0.717) is 18.0 Å². The van der Waals surface area contributed by atoms with Gasteiger partial charge in [-0.15, -0.1) is 13.2 Å². The van der Waals surface area contributed by atoms with Crippen LogP contribution in [0, 0.1) is 5.92 Å². The van der Waals surface area contributed by atoms with E-state index in [9.17, 15) is 22.8 Å². The van der Waals surface area contributed by atoms with Crippen LogP contribution in [0.1, 0.15) is 51.4 Å². The number of ether oxygens (including phenoxy) is 1. The Kier molecular flexibility index (Phi) is 8.60. The lowest BCUT2D eigenvalue weighted by Gasteiger charge is -2.22. The molecule has 2 rings (SSSR count). The third-order valence-corrected chi connectivity index (χ3v) is 4.96. The molecule has 0 spiro atoms. The van der Waals surface area contributed by atoms with Gasteiger partial charge in [0.1, 0.15) is 5.75 Å². The predicted octanol–water partition coefficient (Wildman–Crippen LogP) is 3.72. The number of benzene rings is 1. The van der Waals surface area contributed by atoms with E-state index in [1.165, 1.54) is 43.5 Å². The van der Waals surface area contributed by atoms with Crippen molar-refractivity contribution in [2.45, 2.75) is 63.8 Å². The molecule has 0 aliphatic heterocycles. The Balaban J connectivity index is 1.81. The summed E-state index contributed by atoms with van der Waals surface area (Å²) in [4.78, 5) is 23.6. The molecule has 162 valence electrons. The van der Waals surface area contributed by atoms with E-state index < -0.39 is 18.3 Å². The van der Waals surface area contributed by atoms with Crippen LogP contribution in [0.5, 0.6) is 5.75 Å². The summed E-state index contributed by atoms with van der Waals surface area (Å²) < 4.78 is 40.4. The molecule has 4 N–H and O–H groups in total. The third kappa shape index (κ3) is 9.54. The standard InChI is InChI=1S/C20H28F3N3O3/c21-20(22,23)29-17-9-7-15(8-10-17)25-13-16(12-18(24)27)26-19(28)11-6-14-4-2-1-3-5-14/h7-10,14,16,25H,1-6,11-13H2,(H2,24,27)(H,26,28)/t16-/m0/s1. The number of carbonyl (C=O) groups excluding carboxylic acids is 2. The Hall–Kier alpha value is -2.45. The molecule has 0 saturated heterocycles. The molecule has 1 aliphatic carbocycles. The first-order valence-corrected chi connectivity index (χ1v) is 9.88. The molecule has 9 heteroatoms. The van der Waals surface area contributed by atoms with Crippen molar-refractivity contribution in [1.29, 1.82) is 0 Å². The van der Waals surface area contributed by atoms with Gasteiger partial charge in [-0.3, -0.25) is 9.59 Å². The van der Waals surface area contributed by atoms with E-state index in [0.717, 1.165) is 19.3 Å². The highest BCUT2D eigenvalue weighted by molar-refractivity contribution is 5.79. The fraction of sp³-hybridized carbons (Fsp3) is 0.600. The zero-order valence-electron chi connectivity index (χ0n) is 16.3. The van der Waals surface area contributed by atoms with E-state index in [1.54, 1.807) is 0 Å². The van der Waals surface area contributed by atoms with E-state index in [2.05, 4.69) is 15.4 Å². The molecule has 0 unspecified atom stereocenters. The molecule has 1 saturated carbocycles. The summed E-state index contributed by atoms with van der Waals surface area (Å²) in [6.45, 7) is 0.220. The van der Waals surface area contributed by atoms with Gasteiger partial charge in [-0.1, -0.05) is 32.1 Å². The van der Waals surface area contributed by atoms with Gasteiger partial charge in [0.15, 0.2) is 0 Å². The highest BCUT2D eigenvalue weighted by atomic mass is 19.4. The summed E-state index contributed by atoms with van der Waals surface area (Å²) in [5.74, 6) is -0.414. The first-order chi connectivity index (χ1) is 13.7. The Morgan fingerprint density at radius 2 is 1.79 bits per heavy atom. The summed E-state index contributed by atoms with van der Waals surface area (Å²) in [7, 11) is 0. The molecule has 1 aromatic rings. The van der Waals surface area contributed by atoms with Crippen LogP contribution in [0.25, 0.3) is 0 Å². The fourth-order valence-electron chi connectivity index (χ4n) is 3.54. The second kappa shape index (κ2) is 10.9. The van der Waals surface area contributed by atoms with Gasteiger partial charge in [0, 0.05) is 25.1 Å². The SMILES string of the molecule is NC(=O)C[C@@H](CNc1ccc(OC(F)(F)F)cc1)NC(=O)CCC1CCCCC1. The number of anilines is 1. The zero-order chi connectivity index (χ0) is 21.3. The lowest BCUT2D eigenvalue weighted by Crippen LogP contribution is -2.42. The maximum atomic E-state index is 12.3. The van der Waals surface area contributed by atoms with Crippen molar-refractivity contribution in [1.82, 2.24) is 5.32 Å². The van der Waals surface area contributed by atoms with Crippen LogP contribution < -0.4 is 21.1 Å². The van der Waals surface area contributed by atoms with Crippen molar-refractivity contribution in [2.75, 3.05) is 11.9 Å². The lowest BCUT2D eigenvalue weighted by atomic mass is 9.86. The average Bonchev–Trinajstić information content (AvgIpc) is 2.65. The molecule has 0 radical (unpaired) electrons. The summed E-state index contributed by atoms with van der Waals surface area (Å²) >= 11 is 0. The van der Waals surface area contributed by atoms with Crippen LogP contribution in [-0.2, 0) is 9.59 Å². The highest BCUT2D eigenvalue weighted by Gasteiger charge is 2.31. The normalized spacial score (nSPS) is 16.1. The maximum Gasteiger partial charge on any atom is 0.573 e. The number of hydrogen-bond acceptors (Lipinski definition) is 4. The average molecular weight is 415 g/mol. The second-order valence-electron chi connectivity index (χ2n) is 7.43. The Morgan fingerprint density at radius 1 is 1.14 bits per heavy atom. The largest absolute Gasteiger partial charge is 0.573 e. The molecular formula is C20H28F3N3O3. The zero-order valence-corrected chi connectivity index (χ0v) is 16.3. The number of alkyl halides is 3. The topological polar surface area (TPSA) is 93.5 Å². The number of carbonyl (C=O) groups is 2. The maximum absolute atomic E-state index is 12.3. The molecule has 6 nitrogen and oxygen atoms in total. The van der Waals surface area contributed by atoms with Crippen LogP contribution in [0.2, 0.25) is 0 Å². The summed E-state index contributed by atoms with van der Waals surface area (Å²) in [5, 5.41) is 5.82. The Bertz CT molecular complexity index is 659. The molecule has 1 aromatic carbocycles. The van der Waals surface area contributed by atoms with E-state index >= 15 is 0 Å². The van der Waals surface area contributed by atoms with Crippen molar-refractivity contribution in [2.24, 2.45) is 11.7 Å². The number of nitrogens with two attached hydrogens (primary N) is 1. The molecule has 1 aliphatic rings. The van der Waals surface area contributed by atoms with Crippen molar-refractivity contribution in [3.8, 4) is 5.75 Å². The smallest absolute Gasteiger partial charge is 0.406 e. The molecule has 1 fully saturated rings. The van der Waals surface area contributed by atoms with Crippen LogP contribution in [0.15, 0.2) is 24.3 Å². The molecule has 0 heterocycles. The van der Waals surface area contributed by atoms with Gasteiger partial charge in [0.05, 0.1) is 6.04 Å². The van der Waals surface area contributed by atoms with Gasteiger partial charge in [0.2, 0.25) is 11.8 Å². The monoisotopic (exact) mass is 415 g/mol. The van der Waals surface area contributed by atoms with Crippen LogP contribution in [0.4, 0.5) is 18.9 Å². The first kappa shape index (κ1) is 22.8. The second-order valence-corrected chi connectivity index (χ2v) is 7.43. The van der Waals surface area contributed by atoms with Gasteiger partial charge in [-0.05, 0) is 36.6 Å². The summed E-state index contributed by atoms with van der Waals surface area (Å²) in [5.41, 5.74) is 5.80. The molecular weight excluding hydrogens is 387 g/mol. The van der Waals surface area contributed by atoms with E-state index in [4.69, 9.17) is 5.73 Å². The van der Waals surface area contributed by atoms with E-state index in [-0.39, 0.29) is 24.6 Å². The fourth-order valence-corrected chi connectivity index (χ4v) is 3.54. The molecule has 2 amide bonds. The summed E-state index contributed by atoms with van der Waals surface area (Å²) in [6.07, 6.45) is 2.48. The molecule has 1 atom stereocenters. The minimum absolute atomic E-state index is 0.0303. The minimum atomic E-state index is -4.75. The van der Waals surface area contributed by atoms with Gasteiger partial charge in [-0.25, -0.2) is 0 Å². The Labute approximate surface area is 168 Å². The number of nitrogens with one attached hydrogen (secondary N) is 2. The third-order valence-electron chi connectivity index (χ3n) is 4.96. The van der Waals surface area contributed by atoms with Gasteiger partial charge >= 0.3 is 6.36 Å². The molecule has 0 aromatic heterocycles. The van der Waals surface area contributed by atoms with Crippen LogP contribution in [-0.4, -0.2) is 30.8 Å². The lowest BCUT2D eigenvalue weighted by molar-refractivity contribution is -0.274. The summed E-state index contributed by atoms with van der Waals surface area (Å²) in [6, 6.07) is 4.71. The number of amides is 2. The predicted molar refractivity (Wildman–Crippen MR) is 103 cm³/mol.